The van der Waals surface area contributed by atoms with Crippen molar-refractivity contribution in [2.75, 3.05) is 58.3 Å². The molecule has 2 rings (SSSR count). The Morgan fingerprint density at radius 2 is 1.90 bits per heavy atom. The van der Waals surface area contributed by atoms with Crippen LogP contribution in [0.15, 0.2) is 0 Å². The normalized spacial score (nSPS) is 16.7. The van der Waals surface area contributed by atoms with E-state index in [1.807, 2.05) is 18.7 Å². The van der Waals surface area contributed by atoms with Crippen molar-refractivity contribution in [1.29, 1.82) is 0 Å². The molecule has 0 aromatic carbocycles. The number of thiocarbonyl (C=S) groups is 1. The molecule has 0 unspecified atom stereocenters. The van der Waals surface area contributed by atoms with Gasteiger partial charge in [-0.05, 0) is 21.0 Å². The number of likely N-dealkylation sites (N-methyl/N-ethyl adjacent to an activating group) is 1. The monoisotopic (exact) mass is 310 g/mol. The maximum absolute atomic E-state index is 5.88. The van der Waals surface area contributed by atoms with Gasteiger partial charge < -0.3 is 15.5 Å². The van der Waals surface area contributed by atoms with E-state index in [0.717, 1.165) is 56.3 Å². The summed E-state index contributed by atoms with van der Waals surface area (Å²) in [6.45, 7) is 8.29. The van der Waals surface area contributed by atoms with E-state index >= 15 is 0 Å². The van der Waals surface area contributed by atoms with Gasteiger partial charge in [0.05, 0.1) is 11.3 Å². The minimum Gasteiger partial charge on any atom is -0.389 e. The fourth-order valence-corrected chi connectivity index (χ4v) is 3.06. The van der Waals surface area contributed by atoms with E-state index in [1.165, 1.54) is 0 Å². The van der Waals surface area contributed by atoms with E-state index in [0.29, 0.717) is 4.99 Å². The Morgan fingerprint density at radius 3 is 2.43 bits per heavy atom. The van der Waals surface area contributed by atoms with E-state index in [-0.39, 0.29) is 0 Å². The second-order valence-electron chi connectivity index (χ2n) is 5.90. The van der Waals surface area contributed by atoms with Crippen LogP contribution in [0.5, 0.6) is 0 Å². The number of anilines is 1. The molecule has 0 aliphatic carbocycles. The summed E-state index contributed by atoms with van der Waals surface area (Å²) >= 11 is 5.20. The lowest BCUT2D eigenvalue weighted by molar-refractivity contribution is 0.228. The molecule has 0 radical (unpaired) electrons. The Bertz CT molecular complexity index is 502. The number of nitrogens with zero attached hydrogens (tertiary/aromatic N) is 5. The molecule has 1 aliphatic heterocycles. The first-order chi connectivity index (χ1) is 9.90. The van der Waals surface area contributed by atoms with Gasteiger partial charge in [-0.2, -0.15) is 5.10 Å². The second-order valence-corrected chi connectivity index (χ2v) is 6.34. The van der Waals surface area contributed by atoms with Gasteiger partial charge >= 0.3 is 0 Å². The van der Waals surface area contributed by atoms with Gasteiger partial charge in [-0.3, -0.25) is 9.58 Å². The third-order valence-corrected chi connectivity index (χ3v) is 4.18. The van der Waals surface area contributed by atoms with Crippen molar-refractivity contribution < 1.29 is 0 Å². The Labute approximate surface area is 132 Å². The number of piperazine rings is 1. The molecule has 7 heteroatoms. The molecule has 21 heavy (non-hydrogen) atoms. The van der Waals surface area contributed by atoms with Crippen molar-refractivity contribution in [3.63, 3.8) is 0 Å². The molecule has 2 heterocycles. The molecule has 6 nitrogen and oxygen atoms in total. The summed E-state index contributed by atoms with van der Waals surface area (Å²) < 4.78 is 1.90. The number of rotatable bonds is 5. The standard InChI is InChI=1S/C14H26N6S/c1-11-12(13(15)21)14(18(4)16-11)20-9-7-19(8-10-20)6-5-17(2)3/h5-10H2,1-4H3,(H2,15,21). The fraction of sp³-hybridized carbons (Fsp3) is 0.714. The number of hydrogen-bond acceptors (Lipinski definition) is 5. The number of hydrogen-bond donors (Lipinski definition) is 1. The van der Waals surface area contributed by atoms with Crippen molar-refractivity contribution in [2.45, 2.75) is 6.92 Å². The van der Waals surface area contributed by atoms with Gasteiger partial charge in [-0.15, -0.1) is 0 Å². The van der Waals surface area contributed by atoms with E-state index in [4.69, 9.17) is 18.0 Å². The molecule has 1 aromatic rings. The summed E-state index contributed by atoms with van der Waals surface area (Å²) in [5.41, 5.74) is 7.72. The molecular weight excluding hydrogens is 284 g/mol. The highest BCUT2D eigenvalue weighted by atomic mass is 32.1. The smallest absolute Gasteiger partial charge is 0.137 e. The zero-order chi connectivity index (χ0) is 15.6. The summed E-state index contributed by atoms with van der Waals surface area (Å²) in [6, 6.07) is 0. The lowest BCUT2D eigenvalue weighted by Crippen LogP contribution is -2.49. The quantitative estimate of drug-likeness (QED) is 0.776. The van der Waals surface area contributed by atoms with Crippen molar-refractivity contribution in [2.24, 2.45) is 12.8 Å². The third kappa shape index (κ3) is 3.72. The second kappa shape index (κ2) is 6.72. The molecular formula is C14H26N6S. The Morgan fingerprint density at radius 1 is 1.29 bits per heavy atom. The molecule has 1 aromatic heterocycles. The number of aromatic nitrogens is 2. The first-order valence-electron chi connectivity index (χ1n) is 7.35. The summed E-state index contributed by atoms with van der Waals surface area (Å²) in [5, 5.41) is 4.47. The van der Waals surface area contributed by atoms with Crippen molar-refractivity contribution in [3.05, 3.63) is 11.3 Å². The van der Waals surface area contributed by atoms with Gasteiger partial charge in [0.2, 0.25) is 0 Å². The minimum atomic E-state index is 0.436. The van der Waals surface area contributed by atoms with Gasteiger partial charge in [-0.1, -0.05) is 12.2 Å². The van der Waals surface area contributed by atoms with E-state index in [2.05, 4.69) is 33.9 Å². The molecule has 118 valence electrons. The van der Waals surface area contributed by atoms with Crippen LogP contribution in [-0.4, -0.2) is 77.9 Å². The maximum atomic E-state index is 5.88. The van der Waals surface area contributed by atoms with Gasteiger partial charge in [-0.25, -0.2) is 0 Å². The van der Waals surface area contributed by atoms with Crippen LogP contribution in [0.2, 0.25) is 0 Å². The average molecular weight is 310 g/mol. The molecule has 0 spiro atoms. The van der Waals surface area contributed by atoms with Crippen molar-refractivity contribution >= 4 is 23.0 Å². The first-order valence-corrected chi connectivity index (χ1v) is 7.76. The minimum absolute atomic E-state index is 0.436. The van der Waals surface area contributed by atoms with Crippen LogP contribution < -0.4 is 10.6 Å². The molecule has 0 atom stereocenters. The molecule has 1 aliphatic rings. The first kappa shape index (κ1) is 16.2. The third-order valence-electron chi connectivity index (χ3n) is 3.97. The Kier molecular flexibility index (Phi) is 5.18. The van der Waals surface area contributed by atoms with Crippen LogP contribution in [0.4, 0.5) is 5.82 Å². The number of aryl methyl sites for hydroxylation is 2. The molecule has 0 bridgehead atoms. The summed E-state index contributed by atoms with van der Waals surface area (Å²) in [5.74, 6) is 1.06. The van der Waals surface area contributed by atoms with Crippen LogP contribution in [0.3, 0.4) is 0 Å². The van der Waals surface area contributed by atoms with Crippen molar-refractivity contribution in [3.8, 4) is 0 Å². The van der Waals surface area contributed by atoms with E-state index in [9.17, 15) is 0 Å². The lowest BCUT2D eigenvalue weighted by Gasteiger charge is -2.36. The fourth-order valence-electron chi connectivity index (χ4n) is 2.82. The van der Waals surface area contributed by atoms with Gasteiger partial charge in [0.15, 0.2) is 0 Å². The predicted molar refractivity (Wildman–Crippen MR) is 91.0 cm³/mol. The summed E-state index contributed by atoms with van der Waals surface area (Å²) in [4.78, 5) is 7.51. The van der Waals surface area contributed by atoms with Crippen LogP contribution in [0.1, 0.15) is 11.3 Å². The molecule has 0 amide bonds. The summed E-state index contributed by atoms with van der Waals surface area (Å²) in [7, 11) is 6.19. The molecule has 1 fully saturated rings. The highest BCUT2D eigenvalue weighted by Gasteiger charge is 2.24. The molecule has 1 saturated heterocycles. The predicted octanol–water partition coefficient (Wildman–Crippen LogP) is 0.0463. The van der Waals surface area contributed by atoms with Crippen LogP contribution in [0.25, 0.3) is 0 Å². The van der Waals surface area contributed by atoms with Gasteiger partial charge in [0, 0.05) is 46.3 Å². The Balaban J connectivity index is 2.04. The number of nitrogens with two attached hydrogens (primary N) is 1. The Hall–Kier alpha value is -1.18. The molecule has 2 N–H and O–H groups in total. The van der Waals surface area contributed by atoms with Crippen LogP contribution in [-0.2, 0) is 7.05 Å². The zero-order valence-corrected chi connectivity index (χ0v) is 14.3. The highest BCUT2D eigenvalue weighted by molar-refractivity contribution is 7.80. The van der Waals surface area contributed by atoms with Gasteiger partial charge in [0.1, 0.15) is 10.8 Å². The molecule has 0 saturated carbocycles. The van der Waals surface area contributed by atoms with Crippen LogP contribution >= 0.6 is 12.2 Å². The zero-order valence-electron chi connectivity index (χ0n) is 13.5. The largest absolute Gasteiger partial charge is 0.389 e. The SMILES string of the molecule is Cc1nn(C)c(N2CCN(CCN(C)C)CC2)c1C(N)=S. The topological polar surface area (TPSA) is 53.6 Å². The van der Waals surface area contributed by atoms with E-state index < -0.39 is 0 Å². The van der Waals surface area contributed by atoms with Crippen LogP contribution in [0, 0.1) is 6.92 Å². The lowest BCUT2D eigenvalue weighted by atomic mass is 10.2. The average Bonchev–Trinajstić information content (AvgIpc) is 2.72. The maximum Gasteiger partial charge on any atom is 0.137 e. The highest BCUT2D eigenvalue weighted by Crippen LogP contribution is 2.24. The van der Waals surface area contributed by atoms with Crippen molar-refractivity contribution in [1.82, 2.24) is 19.6 Å². The van der Waals surface area contributed by atoms with Gasteiger partial charge in [0.25, 0.3) is 0 Å². The summed E-state index contributed by atoms with van der Waals surface area (Å²) in [6.07, 6.45) is 0. The van der Waals surface area contributed by atoms with E-state index in [1.54, 1.807) is 0 Å².